The molecule has 194 valence electrons. The summed E-state index contributed by atoms with van der Waals surface area (Å²) in [6.45, 7) is 9.62. The fraction of sp³-hybridized carbons (Fsp3) is 0.840. The molecule has 1 fully saturated rings. The molecule has 0 radical (unpaired) electrons. The summed E-state index contributed by atoms with van der Waals surface area (Å²) in [6, 6.07) is -0.384. The van der Waals surface area contributed by atoms with Crippen LogP contribution in [0.1, 0.15) is 112 Å². The van der Waals surface area contributed by atoms with Crippen LogP contribution in [0.25, 0.3) is 0 Å². The molecule has 0 aromatic rings. The topological polar surface area (TPSA) is 130 Å². The number of carbonyl (C=O) groups is 4. The number of hydrogen-bond acceptors (Lipinski definition) is 5. The number of rotatable bonds is 13. The second kappa shape index (κ2) is 20.6. The molecule has 3 amide bonds. The number of hydrogen-bond donors (Lipinski definition) is 3. The molecule has 33 heavy (non-hydrogen) atoms. The maximum absolute atomic E-state index is 12.4. The SMILES string of the molecule is CC(C)(C)O.CCCCCCCCCCCC(=O)N1CCCC1C(=O)NCC(C)=O.NC=O. The molecule has 1 saturated heterocycles. The van der Waals surface area contributed by atoms with Gasteiger partial charge in [-0.2, -0.15) is 0 Å². The van der Waals surface area contributed by atoms with E-state index < -0.39 is 5.60 Å². The molecule has 0 bridgehead atoms. The summed E-state index contributed by atoms with van der Waals surface area (Å²) >= 11 is 0. The molecular formula is C25H49N3O5. The second-order valence-electron chi connectivity index (χ2n) is 9.55. The zero-order chi connectivity index (χ0) is 25.7. The predicted octanol–water partition coefficient (Wildman–Crippen LogP) is 3.48. The van der Waals surface area contributed by atoms with Crippen molar-refractivity contribution in [2.24, 2.45) is 5.73 Å². The Labute approximate surface area is 201 Å². The highest BCUT2D eigenvalue weighted by molar-refractivity contribution is 5.90. The molecule has 8 nitrogen and oxygen atoms in total. The normalized spacial score (nSPS) is 15.0. The van der Waals surface area contributed by atoms with Gasteiger partial charge >= 0.3 is 0 Å². The van der Waals surface area contributed by atoms with Crippen molar-refractivity contribution in [2.75, 3.05) is 13.1 Å². The van der Waals surface area contributed by atoms with Gasteiger partial charge in [0.15, 0.2) is 0 Å². The first kappa shape index (κ1) is 33.2. The van der Waals surface area contributed by atoms with E-state index >= 15 is 0 Å². The van der Waals surface area contributed by atoms with Gasteiger partial charge in [-0.05, 0) is 47.0 Å². The molecule has 1 heterocycles. The Bertz CT molecular complexity index is 541. The number of primary amides is 1. The molecule has 0 spiro atoms. The van der Waals surface area contributed by atoms with Gasteiger partial charge in [-0.25, -0.2) is 0 Å². The van der Waals surface area contributed by atoms with Gasteiger partial charge in [0.25, 0.3) is 0 Å². The molecular weight excluding hydrogens is 422 g/mol. The average Bonchev–Trinajstić information content (AvgIpc) is 3.20. The molecule has 1 aliphatic rings. The highest BCUT2D eigenvalue weighted by Crippen LogP contribution is 2.20. The number of likely N-dealkylation sites (tertiary alicyclic amines) is 1. The summed E-state index contributed by atoms with van der Waals surface area (Å²) in [6.07, 6.45) is 13.4. The Hall–Kier alpha value is -1.96. The number of Topliss-reactive ketones (excluding diaryl/α,β-unsaturated/α-hetero) is 1. The first-order chi connectivity index (χ1) is 15.5. The van der Waals surface area contributed by atoms with Crippen LogP contribution in [-0.4, -0.2) is 58.7 Å². The molecule has 1 atom stereocenters. The van der Waals surface area contributed by atoms with Crippen LogP contribution in [0.3, 0.4) is 0 Å². The molecule has 1 rings (SSSR count). The lowest BCUT2D eigenvalue weighted by Gasteiger charge is -2.23. The Morgan fingerprint density at radius 1 is 1.03 bits per heavy atom. The van der Waals surface area contributed by atoms with Gasteiger partial charge in [-0.3, -0.25) is 19.2 Å². The van der Waals surface area contributed by atoms with E-state index in [9.17, 15) is 14.4 Å². The molecule has 0 aromatic heterocycles. The van der Waals surface area contributed by atoms with Crippen LogP contribution in [0.15, 0.2) is 0 Å². The standard InChI is InChI=1S/C20H36N2O3.C4H10O.CH3NO/c1-3-4-5-6-7-8-9-10-11-14-19(24)22-15-12-13-18(22)20(25)21-16-17(2)23;1-4(2,3)5;2-1-3/h18H,3-16H2,1-2H3,(H,21,25);5H,1-3H3;1H,(H2,2,3). The first-order valence-electron chi connectivity index (χ1n) is 12.4. The molecule has 1 unspecified atom stereocenters. The van der Waals surface area contributed by atoms with Crippen molar-refractivity contribution in [1.82, 2.24) is 10.2 Å². The fourth-order valence-corrected chi connectivity index (χ4v) is 3.40. The number of ketones is 1. The number of aliphatic hydroxyl groups is 1. The van der Waals surface area contributed by atoms with E-state index in [1.165, 1.54) is 51.9 Å². The van der Waals surface area contributed by atoms with Crippen LogP contribution in [0, 0.1) is 0 Å². The predicted molar refractivity (Wildman–Crippen MR) is 132 cm³/mol. The van der Waals surface area contributed by atoms with Gasteiger partial charge in [0.05, 0.1) is 12.1 Å². The third-order valence-electron chi connectivity index (χ3n) is 4.88. The lowest BCUT2D eigenvalue weighted by molar-refractivity contribution is -0.138. The van der Waals surface area contributed by atoms with E-state index in [4.69, 9.17) is 9.90 Å². The summed E-state index contributed by atoms with van der Waals surface area (Å²) in [4.78, 5) is 45.8. The molecule has 1 aliphatic heterocycles. The number of nitrogens with two attached hydrogens (primary N) is 1. The van der Waals surface area contributed by atoms with Crippen LogP contribution < -0.4 is 11.1 Å². The molecule has 8 heteroatoms. The maximum Gasteiger partial charge on any atom is 0.243 e. The summed E-state index contributed by atoms with van der Waals surface area (Å²) in [7, 11) is 0. The van der Waals surface area contributed by atoms with Crippen LogP contribution in [0.4, 0.5) is 0 Å². The highest BCUT2D eigenvalue weighted by Gasteiger charge is 2.33. The first-order valence-corrected chi connectivity index (χ1v) is 12.4. The van der Waals surface area contributed by atoms with Gasteiger partial charge in [-0.1, -0.05) is 58.3 Å². The highest BCUT2D eigenvalue weighted by atomic mass is 16.3. The second-order valence-corrected chi connectivity index (χ2v) is 9.55. The molecule has 0 saturated carbocycles. The van der Waals surface area contributed by atoms with E-state index in [0.29, 0.717) is 19.4 Å². The van der Waals surface area contributed by atoms with E-state index in [0.717, 1.165) is 19.3 Å². The lowest BCUT2D eigenvalue weighted by atomic mass is 10.1. The number of carbonyl (C=O) groups excluding carboxylic acids is 4. The van der Waals surface area contributed by atoms with Crippen LogP contribution in [-0.2, 0) is 19.2 Å². The van der Waals surface area contributed by atoms with Crippen molar-refractivity contribution >= 4 is 24.0 Å². The van der Waals surface area contributed by atoms with Gasteiger partial charge < -0.3 is 21.1 Å². The van der Waals surface area contributed by atoms with Crippen molar-refractivity contribution in [3.63, 3.8) is 0 Å². The third-order valence-corrected chi connectivity index (χ3v) is 4.88. The Morgan fingerprint density at radius 2 is 1.48 bits per heavy atom. The number of nitrogens with one attached hydrogen (secondary N) is 1. The molecule has 4 N–H and O–H groups in total. The smallest absolute Gasteiger partial charge is 0.243 e. The maximum atomic E-state index is 12.4. The zero-order valence-corrected chi connectivity index (χ0v) is 21.7. The third kappa shape index (κ3) is 23.0. The largest absolute Gasteiger partial charge is 0.391 e. The van der Waals surface area contributed by atoms with Crippen LogP contribution >= 0.6 is 0 Å². The van der Waals surface area contributed by atoms with Crippen LogP contribution in [0.2, 0.25) is 0 Å². The molecule has 0 aromatic carbocycles. The monoisotopic (exact) mass is 471 g/mol. The Kier molecular flexibility index (Phi) is 20.8. The zero-order valence-electron chi connectivity index (χ0n) is 21.7. The van der Waals surface area contributed by atoms with Gasteiger partial charge in [0, 0.05) is 13.0 Å². The van der Waals surface area contributed by atoms with Gasteiger partial charge in [-0.15, -0.1) is 0 Å². The summed E-state index contributed by atoms with van der Waals surface area (Å²) in [5.41, 5.74) is 3.67. The lowest BCUT2D eigenvalue weighted by Crippen LogP contribution is -2.46. The minimum atomic E-state index is -0.500. The quantitative estimate of drug-likeness (QED) is 0.280. The van der Waals surface area contributed by atoms with Crippen molar-refractivity contribution in [3.05, 3.63) is 0 Å². The van der Waals surface area contributed by atoms with Crippen molar-refractivity contribution in [3.8, 4) is 0 Å². The van der Waals surface area contributed by atoms with Crippen LogP contribution in [0.5, 0.6) is 0 Å². The van der Waals surface area contributed by atoms with Crippen molar-refractivity contribution in [1.29, 1.82) is 0 Å². The number of amides is 3. The van der Waals surface area contributed by atoms with Crippen molar-refractivity contribution < 1.29 is 24.3 Å². The average molecular weight is 472 g/mol. The van der Waals surface area contributed by atoms with E-state index in [2.05, 4.69) is 18.0 Å². The van der Waals surface area contributed by atoms with Gasteiger partial charge in [0.1, 0.15) is 11.8 Å². The number of unbranched alkanes of at least 4 members (excludes halogenated alkanes) is 8. The Morgan fingerprint density at radius 3 is 1.94 bits per heavy atom. The van der Waals surface area contributed by atoms with Crippen molar-refractivity contribution in [2.45, 2.75) is 123 Å². The minimum Gasteiger partial charge on any atom is -0.391 e. The fourth-order valence-electron chi connectivity index (χ4n) is 3.40. The van der Waals surface area contributed by atoms with E-state index in [1.807, 2.05) is 0 Å². The summed E-state index contributed by atoms with van der Waals surface area (Å²) in [5.74, 6) is -0.171. The summed E-state index contributed by atoms with van der Waals surface area (Å²) < 4.78 is 0. The van der Waals surface area contributed by atoms with E-state index in [-0.39, 0.29) is 36.6 Å². The minimum absolute atomic E-state index is 0.0512. The molecule has 0 aliphatic carbocycles. The number of nitrogens with zero attached hydrogens (tertiary/aromatic N) is 1. The van der Waals surface area contributed by atoms with E-state index in [1.54, 1.807) is 25.7 Å². The summed E-state index contributed by atoms with van der Waals surface area (Å²) in [5, 5.41) is 11.2. The van der Waals surface area contributed by atoms with Gasteiger partial charge in [0.2, 0.25) is 18.2 Å². The Balaban J connectivity index is 0.